The zero-order valence-corrected chi connectivity index (χ0v) is 10.8. The van der Waals surface area contributed by atoms with Crippen LogP contribution in [0.5, 0.6) is 0 Å². The molecule has 3 nitrogen and oxygen atoms in total. The minimum Gasteiger partial charge on any atom is -0.467 e. The van der Waals surface area contributed by atoms with Gasteiger partial charge in [0, 0.05) is 12.1 Å². The SMILES string of the molecule is CC(N)C(C)NC(c1ccccc1)c1ccco1. The third-order valence-corrected chi connectivity index (χ3v) is 3.18. The summed E-state index contributed by atoms with van der Waals surface area (Å²) in [6.07, 6.45) is 1.70. The van der Waals surface area contributed by atoms with Gasteiger partial charge in [-0.05, 0) is 31.5 Å². The number of rotatable bonds is 5. The van der Waals surface area contributed by atoms with Gasteiger partial charge in [0.1, 0.15) is 5.76 Å². The fraction of sp³-hybridized carbons (Fsp3) is 0.333. The first-order chi connectivity index (χ1) is 8.68. The lowest BCUT2D eigenvalue weighted by molar-refractivity contribution is 0.390. The number of hydrogen-bond acceptors (Lipinski definition) is 3. The van der Waals surface area contributed by atoms with Gasteiger partial charge >= 0.3 is 0 Å². The van der Waals surface area contributed by atoms with Crippen LogP contribution in [0, 0.1) is 0 Å². The van der Waals surface area contributed by atoms with Gasteiger partial charge < -0.3 is 10.2 Å². The Morgan fingerprint density at radius 2 is 1.78 bits per heavy atom. The Bertz CT molecular complexity index is 451. The van der Waals surface area contributed by atoms with Crippen molar-refractivity contribution in [2.45, 2.75) is 32.0 Å². The lowest BCUT2D eigenvalue weighted by Crippen LogP contribution is -2.42. The van der Waals surface area contributed by atoms with Gasteiger partial charge in [-0.2, -0.15) is 0 Å². The lowest BCUT2D eigenvalue weighted by Gasteiger charge is -2.24. The summed E-state index contributed by atoms with van der Waals surface area (Å²) < 4.78 is 5.53. The normalized spacial score (nSPS) is 16.2. The molecule has 1 aromatic heterocycles. The van der Waals surface area contributed by atoms with Crippen molar-refractivity contribution in [3.05, 3.63) is 60.1 Å². The topological polar surface area (TPSA) is 51.2 Å². The highest BCUT2D eigenvalue weighted by atomic mass is 16.3. The molecule has 3 unspecified atom stereocenters. The molecule has 0 aliphatic heterocycles. The summed E-state index contributed by atoms with van der Waals surface area (Å²) >= 11 is 0. The summed E-state index contributed by atoms with van der Waals surface area (Å²) in [5.41, 5.74) is 7.10. The molecule has 0 amide bonds. The van der Waals surface area contributed by atoms with Crippen LogP contribution in [0.4, 0.5) is 0 Å². The van der Waals surface area contributed by atoms with E-state index in [1.807, 2.05) is 37.3 Å². The molecule has 0 spiro atoms. The highest BCUT2D eigenvalue weighted by Crippen LogP contribution is 2.23. The van der Waals surface area contributed by atoms with Crippen LogP contribution in [0.15, 0.2) is 53.1 Å². The summed E-state index contributed by atoms with van der Waals surface area (Å²) in [5, 5.41) is 3.52. The van der Waals surface area contributed by atoms with Crippen LogP contribution in [0.3, 0.4) is 0 Å². The lowest BCUT2D eigenvalue weighted by atomic mass is 10.0. The Morgan fingerprint density at radius 3 is 2.33 bits per heavy atom. The smallest absolute Gasteiger partial charge is 0.125 e. The number of benzene rings is 1. The summed E-state index contributed by atoms with van der Waals surface area (Å²) in [5.74, 6) is 0.911. The first-order valence-electron chi connectivity index (χ1n) is 6.28. The average molecular weight is 244 g/mol. The molecule has 0 aliphatic carbocycles. The van der Waals surface area contributed by atoms with Crippen LogP contribution in [0.25, 0.3) is 0 Å². The Labute approximate surface area is 108 Å². The van der Waals surface area contributed by atoms with E-state index in [0.29, 0.717) is 0 Å². The van der Waals surface area contributed by atoms with Crippen molar-refractivity contribution in [1.82, 2.24) is 5.32 Å². The van der Waals surface area contributed by atoms with Crippen molar-refractivity contribution < 1.29 is 4.42 Å². The highest BCUT2D eigenvalue weighted by molar-refractivity contribution is 5.26. The maximum absolute atomic E-state index is 5.92. The minimum absolute atomic E-state index is 0.0437. The number of nitrogens with one attached hydrogen (secondary N) is 1. The van der Waals surface area contributed by atoms with Crippen molar-refractivity contribution in [2.75, 3.05) is 0 Å². The number of furan rings is 1. The summed E-state index contributed by atoms with van der Waals surface area (Å²) in [6, 6.07) is 14.5. The van der Waals surface area contributed by atoms with Crippen LogP contribution < -0.4 is 11.1 Å². The third kappa shape index (κ3) is 3.00. The molecule has 18 heavy (non-hydrogen) atoms. The van der Waals surface area contributed by atoms with E-state index in [-0.39, 0.29) is 18.1 Å². The van der Waals surface area contributed by atoms with E-state index in [1.54, 1.807) is 6.26 Å². The standard InChI is InChI=1S/C15H20N2O/c1-11(16)12(2)17-15(14-9-6-10-18-14)13-7-4-3-5-8-13/h3-12,15,17H,16H2,1-2H3. The quantitative estimate of drug-likeness (QED) is 0.850. The molecule has 2 rings (SSSR count). The molecule has 0 saturated heterocycles. The third-order valence-electron chi connectivity index (χ3n) is 3.18. The molecule has 1 aromatic carbocycles. The van der Waals surface area contributed by atoms with Crippen LogP contribution in [0.2, 0.25) is 0 Å². The predicted octanol–water partition coefficient (Wildman–Crippen LogP) is 2.69. The molecular formula is C15H20N2O. The second kappa shape index (κ2) is 5.85. The average Bonchev–Trinajstić information content (AvgIpc) is 2.90. The molecular weight excluding hydrogens is 224 g/mol. The monoisotopic (exact) mass is 244 g/mol. The molecule has 3 heteroatoms. The van der Waals surface area contributed by atoms with E-state index in [2.05, 4.69) is 24.4 Å². The van der Waals surface area contributed by atoms with E-state index in [4.69, 9.17) is 10.2 Å². The van der Waals surface area contributed by atoms with Crippen molar-refractivity contribution in [2.24, 2.45) is 5.73 Å². The van der Waals surface area contributed by atoms with Crippen molar-refractivity contribution >= 4 is 0 Å². The van der Waals surface area contributed by atoms with Crippen LogP contribution in [-0.2, 0) is 0 Å². The summed E-state index contributed by atoms with van der Waals surface area (Å²) in [6.45, 7) is 4.09. The van der Waals surface area contributed by atoms with Crippen LogP contribution >= 0.6 is 0 Å². The van der Waals surface area contributed by atoms with Gasteiger partial charge in [-0.15, -0.1) is 0 Å². The largest absolute Gasteiger partial charge is 0.467 e. The fourth-order valence-corrected chi connectivity index (χ4v) is 1.86. The van der Waals surface area contributed by atoms with Gasteiger partial charge in [0.2, 0.25) is 0 Å². The fourth-order valence-electron chi connectivity index (χ4n) is 1.86. The van der Waals surface area contributed by atoms with Crippen molar-refractivity contribution in [1.29, 1.82) is 0 Å². The molecule has 2 aromatic rings. The predicted molar refractivity (Wildman–Crippen MR) is 73.2 cm³/mol. The van der Waals surface area contributed by atoms with Crippen LogP contribution in [-0.4, -0.2) is 12.1 Å². The molecule has 3 N–H and O–H groups in total. The molecule has 0 aliphatic rings. The Kier molecular flexibility index (Phi) is 4.18. The zero-order chi connectivity index (χ0) is 13.0. The Balaban J connectivity index is 2.24. The van der Waals surface area contributed by atoms with Gasteiger partial charge in [-0.1, -0.05) is 30.3 Å². The van der Waals surface area contributed by atoms with Gasteiger partial charge in [0.05, 0.1) is 12.3 Å². The maximum atomic E-state index is 5.92. The Hall–Kier alpha value is -1.58. The summed E-state index contributed by atoms with van der Waals surface area (Å²) in [7, 11) is 0. The molecule has 0 radical (unpaired) electrons. The molecule has 0 saturated carbocycles. The zero-order valence-electron chi connectivity index (χ0n) is 10.8. The second-order valence-corrected chi connectivity index (χ2v) is 4.67. The minimum atomic E-state index is 0.0437. The second-order valence-electron chi connectivity index (χ2n) is 4.67. The van der Waals surface area contributed by atoms with Gasteiger partial charge in [0.15, 0.2) is 0 Å². The van der Waals surface area contributed by atoms with Gasteiger partial charge in [-0.25, -0.2) is 0 Å². The highest BCUT2D eigenvalue weighted by Gasteiger charge is 2.20. The first kappa shape index (κ1) is 12.9. The van der Waals surface area contributed by atoms with E-state index in [1.165, 1.54) is 5.56 Å². The number of hydrogen-bond donors (Lipinski definition) is 2. The van der Waals surface area contributed by atoms with Gasteiger partial charge in [0.25, 0.3) is 0 Å². The maximum Gasteiger partial charge on any atom is 0.125 e. The van der Waals surface area contributed by atoms with Gasteiger partial charge in [-0.3, -0.25) is 5.32 Å². The van der Waals surface area contributed by atoms with E-state index in [9.17, 15) is 0 Å². The van der Waals surface area contributed by atoms with E-state index in [0.717, 1.165) is 5.76 Å². The molecule has 1 heterocycles. The van der Waals surface area contributed by atoms with E-state index >= 15 is 0 Å². The Morgan fingerprint density at radius 1 is 1.06 bits per heavy atom. The van der Waals surface area contributed by atoms with Crippen molar-refractivity contribution in [3.8, 4) is 0 Å². The van der Waals surface area contributed by atoms with E-state index < -0.39 is 0 Å². The molecule has 96 valence electrons. The first-order valence-corrected chi connectivity index (χ1v) is 6.28. The van der Waals surface area contributed by atoms with Crippen LogP contribution in [0.1, 0.15) is 31.2 Å². The number of nitrogens with two attached hydrogens (primary N) is 1. The van der Waals surface area contributed by atoms with Crippen molar-refractivity contribution in [3.63, 3.8) is 0 Å². The molecule has 3 atom stereocenters. The summed E-state index contributed by atoms with van der Waals surface area (Å²) in [4.78, 5) is 0. The molecule has 0 bridgehead atoms. The molecule has 0 fully saturated rings.